The average molecular weight is 563 g/mol. The Morgan fingerprint density at radius 2 is 1.29 bits per heavy atom. The van der Waals surface area contributed by atoms with E-state index in [1.165, 1.54) is 18.2 Å². The van der Waals surface area contributed by atoms with E-state index in [9.17, 15) is 22.8 Å². The van der Waals surface area contributed by atoms with Crippen LogP contribution < -0.4 is 0 Å². The second-order valence-corrected chi connectivity index (χ2v) is 9.88. The fraction of sp³-hybridized carbons (Fsp3) is 0. The van der Waals surface area contributed by atoms with Gasteiger partial charge in [0.25, 0.3) is 0 Å². The normalized spacial score (nSPS) is 11.4. The van der Waals surface area contributed by atoms with Gasteiger partial charge in [0.05, 0.1) is 22.9 Å². The van der Waals surface area contributed by atoms with Crippen LogP contribution in [0.1, 0.15) is 5.56 Å². The summed E-state index contributed by atoms with van der Waals surface area (Å²) in [6.07, 6.45) is 0. The van der Waals surface area contributed by atoms with Crippen molar-refractivity contribution in [2.75, 3.05) is 0 Å². The van der Waals surface area contributed by atoms with Crippen LogP contribution in [0.2, 0.25) is 0 Å². The number of hydrogen-bond donors (Lipinski definition) is 0. The first-order chi connectivity index (χ1) is 20.0. The lowest BCUT2D eigenvalue weighted by molar-refractivity contribution is 0.409. The highest BCUT2D eigenvalue weighted by atomic mass is 32.1. The molecule has 0 aliphatic carbocycles. The fourth-order valence-corrected chi connectivity index (χ4v) is 5.79. The van der Waals surface area contributed by atoms with E-state index in [1.54, 1.807) is 12.1 Å². The number of aromatic nitrogens is 3. The molecular weight excluding hydrogens is 548 g/mol. The molecular formula is C32H14F4N4S. The van der Waals surface area contributed by atoms with Crippen molar-refractivity contribution in [2.24, 2.45) is 0 Å². The Balaban J connectivity index is 1.49. The van der Waals surface area contributed by atoms with Gasteiger partial charge in [0.15, 0.2) is 23.3 Å². The van der Waals surface area contributed by atoms with Crippen molar-refractivity contribution in [3.8, 4) is 39.6 Å². The minimum absolute atomic E-state index is 0.0201. The number of halogens is 4. The summed E-state index contributed by atoms with van der Waals surface area (Å²) < 4.78 is 66.0. The Morgan fingerprint density at radius 1 is 0.634 bits per heavy atom. The van der Waals surface area contributed by atoms with Crippen molar-refractivity contribution in [1.82, 2.24) is 13.7 Å². The van der Waals surface area contributed by atoms with Crippen LogP contribution in [-0.2, 0) is 0 Å². The van der Waals surface area contributed by atoms with Gasteiger partial charge in [0.2, 0.25) is 0 Å². The van der Waals surface area contributed by atoms with Crippen molar-refractivity contribution in [2.45, 2.75) is 0 Å². The van der Waals surface area contributed by atoms with Gasteiger partial charge < -0.3 is 0 Å². The fourth-order valence-electron chi connectivity index (χ4n) is 5.22. The SMILES string of the molecule is N#Cc1c(F)c(F)c(F)c(F)c1-c1ccc(-c2cc3c(-c4ccccc4)nc4ccccc4c3c3nsnc23)cc1. The van der Waals surface area contributed by atoms with E-state index in [4.69, 9.17) is 4.98 Å². The predicted molar refractivity (Wildman–Crippen MR) is 151 cm³/mol. The Kier molecular flexibility index (Phi) is 5.73. The first-order valence-corrected chi connectivity index (χ1v) is 13.1. The third-order valence-corrected chi connectivity index (χ3v) is 7.64. The summed E-state index contributed by atoms with van der Waals surface area (Å²) in [5, 5.41) is 12.1. The zero-order valence-electron chi connectivity index (χ0n) is 20.8. The smallest absolute Gasteiger partial charge is 0.198 e. The Hall–Kier alpha value is -5.20. The Labute approximate surface area is 234 Å². The summed E-state index contributed by atoms with van der Waals surface area (Å²) >= 11 is 1.07. The van der Waals surface area contributed by atoms with E-state index in [1.807, 2.05) is 60.7 Å². The number of pyridine rings is 1. The van der Waals surface area contributed by atoms with E-state index in [-0.39, 0.29) is 5.56 Å². The lowest BCUT2D eigenvalue weighted by atomic mass is 9.92. The van der Waals surface area contributed by atoms with Gasteiger partial charge in [0.1, 0.15) is 22.7 Å². The number of fused-ring (bicyclic) bond motifs is 5. The maximum absolute atomic E-state index is 14.7. The minimum atomic E-state index is -2.02. The molecule has 0 bridgehead atoms. The number of rotatable bonds is 3. The van der Waals surface area contributed by atoms with Crippen LogP contribution in [0.4, 0.5) is 17.6 Å². The molecule has 41 heavy (non-hydrogen) atoms. The number of hydrogen-bond acceptors (Lipinski definition) is 5. The van der Waals surface area contributed by atoms with Crippen molar-refractivity contribution < 1.29 is 17.6 Å². The second-order valence-electron chi connectivity index (χ2n) is 9.35. The molecule has 0 aliphatic heterocycles. The van der Waals surface area contributed by atoms with Crippen LogP contribution in [0.15, 0.2) is 84.9 Å². The molecule has 0 saturated heterocycles. The number of para-hydroxylation sites is 1. The zero-order valence-corrected chi connectivity index (χ0v) is 21.6. The van der Waals surface area contributed by atoms with Gasteiger partial charge in [-0.3, -0.25) is 0 Å². The van der Waals surface area contributed by atoms with Crippen LogP contribution >= 0.6 is 11.7 Å². The average Bonchev–Trinajstić information content (AvgIpc) is 3.51. The zero-order chi connectivity index (χ0) is 28.2. The summed E-state index contributed by atoms with van der Waals surface area (Å²) in [4.78, 5) is 4.99. The number of nitriles is 1. The van der Waals surface area contributed by atoms with Crippen molar-refractivity contribution in [1.29, 1.82) is 5.26 Å². The van der Waals surface area contributed by atoms with Crippen LogP contribution in [-0.4, -0.2) is 13.7 Å². The van der Waals surface area contributed by atoms with Crippen LogP contribution in [0, 0.1) is 34.6 Å². The molecule has 5 aromatic carbocycles. The van der Waals surface area contributed by atoms with Gasteiger partial charge in [-0.25, -0.2) is 22.5 Å². The minimum Gasteiger partial charge on any atom is -0.247 e. The monoisotopic (exact) mass is 562 g/mol. The molecule has 0 saturated carbocycles. The molecule has 0 N–H and O–H groups in total. The summed E-state index contributed by atoms with van der Waals surface area (Å²) in [5.74, 6) is -7.36. The Bertz CT molecular complexity index is 2210. The van der Waals surface area contributed by atoms with E-state index in [0.717, 1.165) is 50.2 Å². The third-order valence-electron chi connectivity index (χ3n) is 7.11. The molecule has 0 atom stereocenters. The molecule has 0 aliphatic rings. The third kappa shape index (κ3) is 3.76. The standard InChI is InChI=1S/C32H14F4N4S/c33-26-22(15-37)24(27(34)29(36)28(26)35)17-12-10-16(11-13-17)20-14-21-25(32-31(20)39-41-40-32)19-8-4-5-9-23(19)38-30(21)18-6-2-1-3-7-18/h1-14H. The predicted octanol–water partition coefficient (Wildman–Crippen LogP) is 8.82. The van der Waals surface area contributed by atoms with E-state index in [0.29, 0.717) is 16.6 Å². The topological polar surface area (TPSA) is 62.5 Å². The molecule has 0 amide bonds. The number of nitrogens with zero attached hydrogens (tertiary/aromatic N) is 4. The molecule has 7 aromatic rings. The Morgan fingerprint density at radius 3 is 2.05 bits per heavy atom. The highest BCUT2D eigenvalue weighted by Gasteiger charge is 2.26. The molecule has 0 unspecified atom stereocenters. The summed E-state index contributed by atoms with van der Waals surface area (Å²) in [6.45, 7) is 0. The van der Waals surface area contributed by atoms with Gasteiger partial charge in [0, 0.05) is 32.8 Å². The molecule has 0 fully saturated rings. The largest absolute Gasteiger partial charge is 0.247 e. The maximum Gasteiger partial charge on any atom is 0.198 e. The second kappa shape index (κ2) is 9.47. The molecule has 2 aromatic heterocycles. The molecule has 7 rings (SSSR count). The summed E-state index contributed by atoms with van der Waals surface area (Å²) in [7, 11) is 0. The van der Waals surface area contributed by atoms with Crippen molar-refractivity contribution in [3.05, 3.63) is 114 Å². The van der Waals surface area contributed by atoms with Crippen LogP contribution in [0.25, 0.3) is 66.2 Å². The van der Waals surface area contributed by atoms with E-state index >= 15 is 0 Å². The maximum atomic E-state index is 14.7. The molecule has 9 heteroatoms. The van der Waals surface area contributed by atoms with Gasteiger partial charge >= 0.3 is 0 Å². The first kappa shape index (κ1) is 24.8. The lowest BCUT2D eigenvalue weighted by Crippen LogP contribution is -2.03. The molecule has 0 radical (unpaired) electrons. The highest BCUT2D eigenvalue weighted by Crippen LogP contribution is 2.41. The van der Waals surface area contributed by atoms with Gasteiger partial charge in [-0.05, 0) is 23.3 Å². The molecule has 4 nitrogen and oxygen atoms in total. The van der Waals surface area contributed by atoms with Crippen LogP contribution in [0.3, 0.4) is 0 Å². The quantitative estimate of drug-likeness (QED) is 0.0934. The van der Waals surface area contributed by atoms with Crippen molar-refractivity contribution in [3.63, 3.8) is 0 Å². The van der Waals surface area contributed by atoms with E-state index in [2.05, 4.69) is 8.75 Å². The van der Waals surface area contributed by atoms with Gasteiger partial charge in [-0.2, -0.15) is 14.0 Å². The van der Waals surface area contributed by atoms with Gasteiger partial charge in [-0.15, -0.1) is 0 Å². The number of benzene rings is 5. The highest BCUT2D eigenvalue weighted by molar-refractivity contribution is 7.00. The molecule has 2 heterocycles. The summed E-state index contributed by atoms with van der Waals surface area (Å²) in [5.41, 5.74) is 3.72. The first-order valence-electron chi connectivity index (χ1n) is 12.4. The van der Waals surface area contributed by atoms with E-state index < -0.39 is 34.4 Å². The van der Waals surface area contributed by atoms with Gasteiger partial charge in [-0.1, -0.05) is 72.8 Å². The lowest BCUT2D eigenvalue weighted by Gasteiger charge is -2.14. The molecule has 0 spiro atoms. The van der Waals surface area contributed by atoms with Crippen LogP contribution in [0.5, 0.6) is 0 Å². The summed E-state index contributed by atoms with van der Waals surface area (Å²) in [6, 6.07) is 27.2. The van der Waals surface area contributed by atoms with Crippen molar-refractivity contribution >= 4 is 44.4 Å². The molecule has 196 valence electrons.